The minimum atomic E-state index is 0.339. The maximum absolute atomic E-state index is 9.54. The van der Waals surface area contributed by atoms with Crippen LogP contribution in [0.15, 0.2) is 22.7 Å². The van der Waals surface area contributed by atoms with Gasteiger partial charge in [0.15, 0.2) is 0 Å². The third-order valence-electron chi connectivity index (χ3n) is 1.72. The van der Waals surface area contributed by atoms with Crippen LogP contribution in [-0.2, 0) is 6.42 Å². The minimum Gasteiger partial charge on any atom is -0.506 e. The van der Waals surface area contributed by atoms with Gasteiger partial charge in [0.25, 0.3) is 0 Å². The standard InChI is InChI=1S/C9H12BrNO/c10-8-5-1-3-7(9(8)12)4-2-6-11/h1,3,5,12H,2,4,6,11H2. The van der Waals surface area contributed by atoms with E-state index < -0.39 is 0 Å². The lowest BCUT2D eigenvalue weighted by atomic mass is 10.1. The predicted molar refractivity (Wildman–Crippen MR) is 53.2 cm³/mol. The van der Waals surface area contributed by atoms with Crippen molar-refractivity contribution in [2.45, 2.75) is 12.8 Å². The number of phenols is 1. The molecule has 0 spiro atoms. The Hall–Kier alpha value is -0.540. The van der Waals surface area contributed by atoms with Gasteiger partial charge in [-0.15, -0.1) is 0 Å². The highest BCUT2D eigenvalue weighted by Crippen LogP contribution is 2.27. The van der Waals surface area contributed by atoms with Crippen LogP contribution in [0.1, 0.15) is 12.0 Å². The number of aromatic hydroxyl groups is 1. The van der Waals surface area contributed by atoms with Crippen LogP contribution in [0.3, 0.4) is 0 Å². The van der Waals surface area contributed by atoms with E-state index in [1.165, 1.54) is 0 Å². The van der Waals surface area contributed by atoms with E-state index in [1.54, 1.807) is 0 Å². The Morgan fingerprint density at radius 2 is 2.17 bits per heavy atom. The summed E-state index contributed by atoms with van der Waals surface area (Å²) in [6.07, 6.45) is 1.74. The van der Waals surface area contributed by atoms with Crippen molar-refractivity contribution in [1.29, 1.82) is 0 Å². The normalized spacial score (nSPS) is 10.2. The summed E-state index contributed by atoms with van der Waals surface area (Å²) in [5, 5.41) is 9.54. The lowest BCUT2D eigenvalue weighted by Crippen LogP contribution is -2.00. The Morgan fingerprint density at radius 3 is 2.83 bits per heavy atom. The largest absolute Gasteiger partial charge is 0.506 e. The van der Waals surface area contributed by atoms with Crippen molar-refractivity contribution in [3.05, 3.63) is 28.2 Å². The summed E-state index contributed by atoms with van der Waals surface area (Å²) in [4.78, 5) is 0. The van der Waals surface area contributed by atoms with Gasteiger partial charge in [0.05, 0.1) is 4.47 Å². The lowest BCUT2D eigenvalue weighted by Gasteiger charge is -2.04. The Morgan fingerprint density at radius 1 is 1.42 bits per heavy atom. The van der Waals surface area contributed by atoms with E-state index in [2.05, 4.69) is 15.9 Å². The van der Waals surface area contributed by atoms with Crippen molar-refractivity contribution in [2.75, 3.05) is 6.54 Å². The molecular weight excluding hydrogens is 218 g/mol. The number of nitrogens with two attached hydrogens (primary N) is 1. The zero-order chi connectivity index (χ0) is 8.97. The van der Waals surface area contributed by atoms with Crippen molar-refractivity contribution in [3.8, 4) is 5.75 Å². The van der Waals surface area contributed by atoms with Gasteiger partial charge in [-0.1, -0.05) is 12.1 Å². The van der Waals surface area contributed by atoms with E-state index in [9.17, 15) is 5.11 Å². The monoisotopic (exact) mass is 229 g/mol. The molecule has 0 aliphatic carbocycles. The van der Waals surface area contributed by atoms with Crippen LogP contribution in [0.25, 0.3) is 0 Å². The summed E-state index contributed by atoms with van der Waals surface area (Å²) in [5.41, 5.74) is 6.32. The van der Waals surface area contributed by atoms with Crippen LogP contribution in [0.5, 0.6) is 5.75 Å². The van der Waals surface area contributed by atoms with Gasteiger partial charge in [-0.3, -0.25) is 0 Å². The highest BCUT2D eigenvalue weighted by molar-refractivity contribution is 9.10. The van der Waals surface area contributed by atoms with Crippen molar-refractivity contribution in [1.82, 2.24) is 0 Å². The summed E-state index contributed by atoms with van der Waals surface area (Å²) in [6, 6.07) is 5.65. The van der Waals surface area contributed by atoms with Crippen LogP contribution in [0.2, 0.25) is 0 Å². The number of hydrogen-bond donors (Lipinski definition) is 2. The first-order chi connectivity index (χ1) is 5.75. The third-order valence-corrected chi connectivity index (χ3v) is 2.36. The molecule has 0 aliphatic heterocycles. The average Bonchev–Trinajstić information content (AvgIpc) is 2.08. The Bertz CT molecular complexity index is 263. The first-order valence-corrected chi connectivity index (χ1v) is 4.71. The smallest absolute Gasteiger partial charge is 0.132 e. The fourth-order valence-electron chi connectivity index (χ4n) is 1.05. The van der Waals surface area contributed by atoms with Gasteiger partial charge in [-0.05, 0) is 46.9 Å². The molecule has 66 valence electrons. The van der Waals surface area contributed by atoms with E-state index in [-0.39, 0.29) is 0 Å². The van der Waals surface area contributed by atoms with Crippen LogP contribution in [-0.4, -0.2) is 11.7 Å². The van der Waals surface area contributed by atoms with E-state index in [4.69, 9.17) is 5.73 Å². The van der Waals surface area contributed by atoms with E-state index in [0.717, 1.165) is 22.9 Å². The Balaban J connectivity index is 2.78. The quantitative estimate of drug-likeness (QED) is 0.834. The maximum atomic E-state index is 9.54. The van der Waals surface area contributed by atoms with Crippen LogP contribution >= 0.6 is 15.9 Å². The maximum Gasteiger partial charge on any atom is 0.132 e. The highest BCUT2D eigenvalue weighted by atomic mass is 79.9. The molecule has 3 heteroatoms. The van der Waals surface area contributed by atoms with Gasteiger partial charge in [-0.2, -0.15) is 0 Å². The van der Waals surface area contributed by atoms with E-state index in [1.807, 2.05) is 18.2 Å². The summed E-state index contributed by atoms with van der Waals surface area (Å²) in [5.74, 6) is 0.339. The van der Waals surface area contributed by atoms with E-state index in [0.29, 0.717) is 12.3 Å². The van der Waals surface area contributed by atoms with Gasteiger partial charge in [0.2, 0.25) is 0 Å². The molecule has 0 atom stereocenters. The summed E-state index contributed by atoms with van der Waals surface area (Å²) >= 11 is 3.26. The van der Waals surface area contributed by atoms with Crippen LogP contribution < -0.4 is 5.73 Å². The molecule has 0 saturated carbocycles. The first kappa shape index (κ1) is 9.55. The average molecular weight is 230 g/mol. The SMILES string of the molecule is NCCCc1cccc(Br)c1O. The summed E-state index contributed by atoms with van der Waals surface area (Å²) in [7, 11) is 0. The minimum absolute atomic E-state index is 0.339. The van der Waals surface area contributed by atoms with Crippen molar-refractivity contribution in [3.63, 3.8) is 0 Å². The molecule has 0 heterocycles. The number of aryl methyl sites for hydroxylation is 1. The molecular formula is C9H12BrNO. The van der Waals surface area contributed by atoms with Crippen molar-refractivity contribution >= 4 is 15.9 Å². The number of phenolic OH excluding ortho intramolecular Hbond substituents is 1. The number of para-hydroxylation sites is 1. The second-order valence-electron chi connectivity index (χ2n) is 2.64. The second-order valence-corrected chi connectivity index (χ2v) is 3.49. The molecule has 3 N–H and O–H groups in total. The third kappa shape index (κ3) is 2.22. The van der Waals surface area contributed by atoms with Gasteiger partial charge >= 0.3 is 0 Å². The van der Waals surface area contributed by atoms with E-state index >= 15 is 0 Å². The molecule has 0 radical (unpaired) electrons. The van der Waals surface area contributed by atoms with Gasteiger partial charge in [-0.25, -0.2) is 0 Å². The number of rotatable bonds is 3. The van der Waals surface area contributed by atoms with Crippen LogP contribution in [0, 0.1) is 0 Å². The zero-order valence-electron chi connectivity index (χ0n) is 6.76. The number of halogens is 1. The molecule has 0 unspecified atom stereocenters. The molecule has 0 fully saturated rings. The molecule has 1 aromatic rings. The highest BCUT2D eigenvalue weighted by Gasteiger charge is 2.02. The van der Waals surface area contributed by atoms with Gasteiger partial charge in [0, 0.05) is 0 Å². The molecule has 0 amide bonds. The molecule has 2 nitrogen and oxygen atoms in total. The second kappa shape index (κ2) is 4.48. The topological polar surface area (TPSA) is 46.2 Å². The molecule has 0 saturated heterocycles. The van der Waals surface area contributed by atoms with Crippen molar-refractivity contribution < 1.29 is 5.11 Å². The number of hydrogen-bond acceptors (Lipinski definition) is 2. The summed E-state index contributed by atoms with van der Waals surface area (Å²) < 4.78 is 0.747. The predicted octanol–water partition coefficient (Wildman–Crippen LogP) is 2.05. The summed E-state index contributed by atoms with van der Waals surface area (Å²) in [6.45, 7) is 0.659. The van der Waals surface area contributed by atoms with Gasteiger partial charge < -0.3 is 10.8 Å². The van der Waals surface area contributed by atoms with Crippen LogP contribution in [0.4, 0.5) is 0 Å². The molecule has 0 bridgehead atoms. The van der Waals surface area contributed by atoms with Crippen molar-refractivity contribution in [2.24, 2.45) is 5.73 Å². The fourth-order valence-corrected chi connectivity index (χ4v) is 1.46. The van der Waals surface area contributed by atoms with Gasteiger partial charge in [0.1, 0.15) is 5.75 Å². The lowest BCUT2D eigenvalue weighted by molar-refractivity contribution is 0.464. The molecule has 0 aliphatic rings. The molecule has 1 rings (SSSR count). The Kier molecular flexibility index (Phi) is 3.56. The molecule has 0 aromatic heterocycles. The molecule has 12 heavy (non-hydrogen) atoms. The zero-order valence-corrected chi connectivity index (χ0v) is 8.34. The Labute approximate surface area is 80.5 Å². The fraction of sp³-hybridized carbons (Fsp3) is 0.333. The molecule has 1 aromatic carbocycles. The first-order valence-electron chi connectivity index (χ1n) is 3.92. The number of benzene rings is 1.